The van der Waals surface area contributed by atoms with E-state index >= 15 is 0 Å². The molecule has 7 nitrogen and oxygen atoms in total. The number of nitro groups is 1. The van der Waals surface area contributed by atoms with Crippen molar-refractivity contribution in [1.82, 2.24) is 4.98 Å². The highest BCUT2D eigenvalue weighted by Gasteiger charge is 2.11. The number of nitrogens with two attached hydrogens (primary N) is 1. The zero-order chi connectivity index (χ0) is 14.7. The first kappa shape index (κ1) is 13.5. The standard InChI is InChI=1S/C13H12N4O3/c1-8-6-10(2-3-11(8)17(18)19)20-12-7-9(13(14)15)4-5-16-12/h2-7H,1H3,(H3,14,15). The normalized spacial score (nSPS) is 10.1. The maximum absolute atomic E-state index is 10.7. The van der Waals surface area contributed by atoms with E-state index in [1.54, 1.807) is 19.1 Å². The van der Waals surface area contributed by atoms with Crippen molar-refractivity contribution < 1.29 is 9.66 Å². The molecule has 0 spiro atoms. The Morgan fingerprint density at radius 3 is 2.75 bits per heavy atom. The molecule has 1 heterocycles. The molecule has 1 aromatic heterocycles. The van der Waals surface area contributed by atoms with Crippen molar-refractivity contribution in [1.29, 1.82) is 5.41 Å². The summed E-state index contributed by atoms with van der Waals surface area (Å²) in [6.45, 7) is 1.63. The van der Waals surface area contributed by atoms with E-state index in [1.165, 1.54) is 24.4 Å². The van der Waals surface area contributed by atoms with Crippen LogP contribution in [0.1, 0.15) is 11.1 Å². The summed E-state index contributed by atoms with van der Waals surface area (Å²) in [4.78, 5) is 14.3. The minimum Gasteiger partial charge on any atom is -0.439 e. The van der Waals surface area contributed by atoms with Crippen LogP contribution in [-0.2, 0) is 0 Å². The molecule has 0 saturated carbocycles. The number of hydrogen-bond acceptors (Lipinski definition) is 5. The number of aromatic nitrogens is 1. The van der Waals surface area contributed by atoms with Gasteiger partial charge in [-0.3, -0.25) is 15.5 Å². The lowest BCUT2D eigenvalue weighted by Gasteiger charge is -2.07. The maximum Gasteiger partial charge on any atom is 0.272 e. The van der Waals surface area contributed by atoms with Gasteiger partial charge in [0.25, 0.3) is 5.69 Å². The molecule has 0 radical (unpaired) electrons. The second-order valence-electron chi connectivity index (χ2n) is 4.10. The highest BCUT2D eigenvalue weighted by atomic mass is 16.6. The third kappa shape index (κ3) is 2.89. The SMILES string of the molecule is Cc1cc(Oc2cc(C(=N)N)ccn2)ccc1[N+](=O)[O-]. The van der Waals surface area contributed by atoms with Crippen LogP contribution in [0, 0.1) is 22.4 Å². The Kier molecular flexibility index (Phi) is 3.60. The number of nitrogens with zero attached hydrogens (tertiary/aromatic N) is 2. The van der Waals surface area contributed by atoms with E-state index in [0.717, 1.165) is 0 Å². The van der Waals surface area contributed by atoms with E-state index in [-0.39, 0.29) is 17.4 Å². The van der Waals surface area contributed by atoms with Gasteiger partial charge in [0.05, 0.1) is 4.92 Å². The zero-order valence-electron chi connectivity index (χ0n) is 10.7. The Balaban J connectivity index is 2.26. The molecule has 20 heavy (non-hydrogen) atoms. The predicted molar refractivity (Wildman–Crippen MR) is 73.2 cm³/mol. The van der Waals surface area contributed by atoms with Gasteiger partial charge in [-0.15, -0.1) is 0 Å². The van der Waals surface area contributed by atoms with Gasteiger partial charge in [0.2, 0.25) is 5.88 Å². The molecule has 0 unspecified atom stereocenters. The van der Waals surface area contributed by atoms with Crippen LogP contribution in [0.25, 0.3) is 0 Å². The molecule has 102 valence electrons. The van der Waals surface area contributed by atoms with E-state index < -0.39 is 4.92 Å². The fraction of sp³-hybridized carbons (Fsp3) is 0.0769. The first-order valence-corrected chi connectivity index (χ1v) is 5.70. The Bertz CT molecular complexity index is 685. The molecule has 0 bridgehead atoms. The van der Waals surface area contributed by atoms with Crippen molar-refractivity contribution in [2.75, 3.05) is 0 Å². The Labute approximate surface area is 114 Å². The van der Waals surface area contributed by atoms with E-state index in [1.807, 2.05) is 0 Å². The minimum absolute atomic E-state index is 0.0304. The van der Waals surface area contributed by atoms with Crippen LogP contribution in [0.3, 0.4) is 0 Å². The number of rotatable bonds is 4. The van der Waals surface area contributed by atoms with E-state index in [4.69, 9.17) is 15.9 Å². The molecule has 0 atom stereocenters. The summed E-state index contributed by atoms with van der Waals surface area (Å²) in [5.74, 6) is 0.615. The van der Waals surface area contributed by atoms with Crippen molar-refractivity contribution in [3.05, 3.63) is 57.8 Å². The third-order valence-corrected chi connectivity index (χ3v) is 2.63. The first-order valence-electron chi connectivity index (χ1n) is 5.70. The van der Waals surface area contributed by atoms with Crippen molar-refractivity contribution in [3.63, 3.8) is 0 Å². The third-order valence-electron chi connectivity index (χ3n) is 2.63. The van der Waals surface area contributed by atoms with Crippen LogP contribution in [0.5, 0.6) is 11.6 Å². The van der Waals surface area contributed by atoms with Crippen LogP contribution >= 0.6 is 0 Å². The molecular formula is C13H12N4O3. The number of hydrogen-bond donors (Lipinski definition) is 2. The minimum atomic E-state index is -0.451. The lowest BCUT2D eigenvalue weighted by atomic mass is 10.2. The van der Waals surface area contributed by atoms with Crippen LogP contribution in [0.15, 0.2) is 36.5 Å². The predicted octanol–water partition coefficient (Wildman–Crippen LogP) is 2.37. The molecule has 2 aromatic rings. The molecule has 0 aliphatic rings. The second-order valence-corrected chi connectivity index (χ2v) is 4.10. The smallest absolute Gasteiger partial charge is 0.272 e. The van der Waals surface area contributed by atoms with Crippen LogP contribution in [-0.4, -0.2) is 15.7 Å². The summed E-state index contributed by atoms with van der Waals surface area (Å²) < 4.78 is 5.50. The van der Waals surface area contributed by atoms with Crippen LogP contribution in [0.4, 0.5) is 5.69 Å². The molecule has 1 aromatic carbocycles. The topological polar surface area (TPSA) is 115 Å². The molecular weight excluding hydrogens is 260 g/mol. The Hall–Kier alpha value is -2.96. The molecule has 0 aliphatic carbocycles. The highest BCUT2D eigenvalue weighted by molar-refractivity contribution is 5.95. The number of ether oxygens (including phenoxy) is 1. The van der Waals surface area contributed by atoms with Gasteiger partial charge in [0, 0.05) is 29.5 Å². The quantitative estimate of drug-likeness (QED) is 0.383. The monoisotopic (exact) mass is 272 g/mol. The van der Waals surface area contributed by atoms with Crippen LogP contribution in [0.2, 0.25) is 0 Å². The number of pyridine rings is 1. The lowest BCUT2D eigenvalue weighted by molar-refractivity contribution is -0.385. The number of aryl methyl sites for hydroxylation is 1. The van der Waals surface area contributed by atoms with Crippen molar-refractivity contribution in [3.8, 4) is 11.6 Å². The number of nitrogens with one attached hydrogen (secondary N) is 1. The van der Waals surface area contributed by atoms with Crippen LogP contribution < -0.4 is 10.5 Å². The van der Waals surface area contributed by atoms with Gasteiger partial charge in [0.15, 0.2) is 0 Å². The summed E-state index contributed by atoms with van der Waals surface area (Å²) in [7, 11) is 0. The first-order chi connectivity index (χ1) is 9.47. The van der Waals surface area contributed by atoms with Crippen molar-refractivity contribution in [2.45, 2.75) is 6.92 Å². The fourth-order valence-corrected chi connectivity index (χ4v) is 1.65. The number of amidine groups is 1. The van der Waals surface area contributed by atoms with E-state index in [0.29, 0.717) is 16.9 Å². The summed E-state index contributed by atoms with van der Waals surface area (Å²) in [6.07, 6.45) is 1.48. The summed E-state index contributed by atoms with van der Waals surface area (Å²) in [6, 6.07) is 7.54. The molecule has 0 fully saturated rings. The number of nitrogen functional groups attached to an aromatic ring is 1. The zero-order valence-corrected chi connectivity index (χ0v) is 10.7. The molecule has 0 amide bonds. The number of nitro benzene ring substituents is 1. The second kappa shape index (κ2) is 5.35. The Morgan fingerprint density at radius 1 is 1.40 bits per heavy atom. The summed E-state index contributed by atoms with van der Waals surface area (Å²) >= 11 is 0. The van der Waals surface area contributed by atoms with Crippen molar-refractivity contribution >= 4 is 11.5 Å². The summed E-state index contributed by atoms with van der Waals surface area (Å²) in [5, 5.41) is 18.1. The van der Waals surface area contributed by atoms with Crippen molar-refractivity contribution in [2.24, 2.45) is 5.73 Å². The fourth-order valence-electron chi connectivity index (χ4n) is 1.65. The molecule has 7 heteroatoms. The average molecular weight is 272 g/mol. The molecule has 0 aliphatic heterocycles. The summed E-state index contributed by atoms with van der Waals surface area (Å²) in [5.41, 5.74) is 6.40. The molecule has 2 rings (SSSR count). The molecule has 0 saturated heterocycles. The van der Waals surface area contributed by atoms with Gasteiger partial charge >= 0.3 is 0 Å². The van der Waals surface area contributed by atoms with Gasteiger partial charge in [-0.2, -0.15) is 0 Å². The van der Waals surface area contributed by atoms with Gasteiger partial charge in [-0.05, 0) is 25.1 Å². The van der Waals surface area contributed by atoms with E-state index in [9.17, 15) is 10.1 Å². The number of benzene rings is 1. The van der Waals surface area contributed by atoms with Gasteiger partial charge in [-0.25, -0.2) is 4.98 Å². The lowest BCUT2D eigenvalue weighted by Crippen LogP contribution is -2.11. The van der Waals surface area contributed by atoms with E-state index in [2.05, 4.69) is 4.98 Å². The molecule has 3 N–H and O–H groups in total. The Morgan fingerprint density at radius 2 is 2.15 bits per heavy atom. The highest BCUT2D eigenvalue weighted by Crippen LogP contribution is 2.26. The maximum atomic E-state index is 10.7. The average Bonchev–Trinajstić information content (AvgIpc) is 2.38. The van der Waals surface area contributed by atoms with Gasteiger partial charge in [-0.1, -0.05) is 0 Å². The largest absolute Gasteiger partial charge is 0.439 e. The van der Waals surface area contributed by atoms with Gasteiger partial charge in [0.1, 0.15) is 11.6 Å². The van der Waals surface area contributed by atoms with Gasteiger partial charge < -0.3 is 10.5 Å².